The van der Waals surface area contributed by atoms with Gasteiger partial charge in [0, 0.05) is 45.0 Å². The minimum atomic E-state index is 0.0543. The molecule has 2 aliphatic rings. The monoisotopic (exact) mass is 363 g/mol. The van der Waals surface area contributed by atoms with E-state index in [0.717, 1.165) is 36.4 Å². The average molecular weight is 364 g/mol. The first-order valence-corrected chi connectivity index (χ1v) is 10.0. The van der Waals surface area contributed by atoms with Gasteiger partial charge in [0.05, 0.1) is 4.88 Å². The first-order valence-electron chi connectivity index (χ1n) is 9.23. The van der Waals surface area contributed by atoms with Crippen molar-refractivity contribution in [2.45, 2.75) is 38.6 Å². The standard InChI is InChI=1S/C19H29N3O2S/c1-20(2)19(24)17-11-15-13-22(10-8-16(15)25-17)18(23)7-6-14-5-4-9-21(3)12-14/h11,14H,4-10,12-13H2,1-3H3/t14-/m1/s1. The Labute approximate surface area is 154 Å². The van der Waals surface area contributed by atoms with Gasteiger partial charge in [-0.25, -0.2) is 0 Å². The van der Waals surface area contributed by atoms with Crippen LogP contribution in [0.5, 0.6) is 0 Å². The van der Waals surface area contributed by atoms with Crippen LogP contribution in [-0.4, -0.2) is 67.3 Å². The van der Waals surface area contributed by atoms with Crippen molar-refractivity contribution in [3.05, 3.63) is 21.4 Å². The Kier molecular flexibility index (Phi) is 5.79. The van der Waals surface area contributed by atoms with Crippen molar-refractivity contribution >= 4 is 23.2 Å². The van der Waals surface area contributed by atoms with Gasteiger partial charge < -0.3 is 14.7 Å². The van der Waals surface area contributed by atoms with E-state index in [1.807, 2.05) is 11.0 Å². The molecule has 1 aromatic rings. The fraction of sp³-hybridized carbons (Fsp3) is 0.684. The van der Waals surface area contributed by atoms with Gasteiger partial charge in [0.15, 0.2) is 0 Å². The maximum absolute atomic E-state index is 12.6. The van der Waals surface area contributed by atoms with Crippen LogP contribution < -0.4 is 0 Å². The SMILES string of the molecule is CN1CCC[C@H](CCC(=O)N2CCc3sc(C(=O)N(C)C)cc3C2)C1. The number of hydrogen-bond donors (Lipinski definition) is 0. The van der Waals surface area contributed by atoms with E-state index in [-0.39, 0.29) is 11.8 Å². The van der Waals surface area contributed by atoms with Crippen molar-refractivity contribution < 1.29 is 9.59 Å². The Balaban J connectivity index is 1.55. The third-order valence-electron chi connectivity index (χ3n) is 5.32. The summed E-state index contributed by atoms with van der Waals surface area (Å²) in [5.41, 5.74) is 1.16. The molecule has 6 heteroatoms. The van der Waals surface area contributed by atoms with Crippen LogP contribution in [0.1, 0.15) is 45.8 Å². The first kappa shape index (κ1) is 18.4. The van der Waals surface area contributed by atoms with Gasteiger partial charge in [-0.2, -0.15) is 0 Å². The van der Waals surface area contributed by atoms with Crippen molar-refractivity contribution in [2.75, 3.05) is 40.8 Å². The molecule has 0 bridgehead atoms. The molecule has 3 heterocycles. The van der Waals surface area contributed by atoms with E-state index < -0.39 is 0 Å². The van der Waals surface area contributed by atoms with Gasteiger partial charge >= 0.3 is 0 Å². The van der Waals surface area contributed by atoms with Crippen LogP contribution in [-0.2, 0) is 17.8 Å². The van der Waals surface area contributed by atoms with E-state index in [2.05, 4.69) is 11.9 Å². The number of rotatable bonds is 4. The quantitative estimate of drug-likeness (QED) is 0.825. The smallest absolute Gasteiger partial charge is 0.263 e. The topological polar surface area (TPSA) is 43.9 Å². The van der Waals surface area contributed by atoms with Crippen LogP contribution in [0.2, 0.25) is 0 Å². The molecule has 0 aliphatic carbocycles. The van der Waals surface area contributed by atoms with Crippen LogP contribution in [0.15, 0.2) is 6.07 Å². The first-order chi connectivity index (χ1) is 11.9. The van der Waals surface area contributed by atoms with Crippen LogP contribution >= 0.6 is 11.3 Å². The van der Waals surface area contributed by atoms with E-state index in [9.17, 15) is 9.59 Å². The van der Waals surface area contributed by atoms with Crippen molar-refractivity contribution in [3.8, 4) is 0 Å². The highest BCUT2D eigenvalue weighted by Gasteiger charge is 2.25. The lowest BCUT2D eigenvalue weighted by Crippen LogP contribution is -2.36. The third kappa shape index (κ3) is 4.42. The van der Waals surface area contributed by atoms with E-state index in [1.54, 1.807) is 30.3 Å². The summed E-state index contributed by atoms with van der Waals surface area (Å²) in [5.74, 6) is 0.984. The zero-order chi connectivity index (χ0) is 18.0. The largest absolute Gasteiger partial charge is 0.344 e. The molecule has 0 N–H and O–H groups in total. The number of hydrogen-bond acceptors (Lipinski definition) is 4. The minimum absolute atomic E-state index is 0.0543. The van der Waals surface area contributed by atoms with Crippen LogP contribution in [0.25, 0.3) is 0 Å². The lowest BCUT2D eigenvalue weighted by molar-refractivity contribution is -0.132. The predicted molar refractivity (Wildman–Crippen MR) is 101 cm³/mol. The normalized spacial score (nSPS) is 21.1. The summed E-state index contributed by atoms with van der Waals surface area (Å²) in [4.78, 5) is 32.8. The second kappa shape index (κ2) is 7.87. The van der Waals surface area contributed by atoms with E-state index >= 15 is 0 Å². The van der Waals surface area contributed by atoms with E-state index in [4.69, 9.17) is 0 Å². The highest BCUT2D eigenvalue weighted by Crippen LogP contribution is 2.29. The molecule has 0 saturated carbocycles. The molecule has 2 amide bonds. The summed E-state index contributed by atoms with van der Waals surface area (Å²) in [7, 11) is 5.72. The van der Waals surface area contributed by atoms with Gasteiger partial charge in [-0.1, -0.05) is 0 Å². The third-order valence-corrected chi connectivity index (χ3v) is 6.55. The molecule has 3 rings (SSSR count). The van der Waals surface area contributed by atoms with Crippen molar-refractivity contribution in [1.82, 2.24) is 14.7 Å². The zero-order valence-electron chi connectivity index (χ0n) is 15.6. The second-order valence-corrected chi connectivity index (χ2v) is 8.77. The number of carbonyl (C=O) groups excluding carboxylic acids is 2. The molecule has 1 aromatic heterocycles. The Morgan fingerprint density at radius 1 is 1.32 bits per heavy atom. The Hall–Kier alpha value is -1.40. The van der Waals surface area contributed by atoms with Crippen molar-refractivity contribution in [3.63, 3.8) is 0 Å². The molecule has 0 radical (unpaired) electrons. The summed E-state index contributed by atoms with van der Waals surface area (Å²) in [6.45, 7) is 3.76. The summed E-state index contributed by atoms with van der Waals surface area (Å²) in [6, 6.07) is 1.98. The number of nitrogens with zero attached hydrogens (tertiary/aromatic N) is 3. The van der Waals surface area contributed by atoms with Gasteiger partial charge in [-0.15, -0.1) is 11.3 Å². The number of piperidine rings is 1. The molecule has 0 unspecified atom stereocenters. The lowest BCUT2D eigenvalue weighted by Gasteiger charge is -2.31. The Bertz CT molecular complexity index is 641. The number of thiophene rings is 1. The molecule has 25 heavy (non-hydrogen) atoms. The molecular weight excluding hydrogens is 334 g/mol. The highest BCUT2D eigenvalue weighted by atomic mass is 32.1. The summed E-state index contributed by atoms with van der Waals surface area (Å²) in [6.07, 6.45) is 5.03. The maximum Gasteiger partial charge on any atom is 0.263 e. The fourth-order valence-corrected chi connectivity index (χ4v) is 5.05. The molecule has 1 atom stereocenters. The van der Waals surface area contributed by atoms with Gasteiger partial charge in [-0.05, 0) is 56.8 Å². The number of likely N-dealkylation sites (tertiary alicyclic amines) is 1. The highest BCUT2D eigenvalue weighted by molar-refractivity contribution is 7.14. The Morgan fingerprint density at radius 2 is 2.12 bits per heavy atom. The maximum atomic E-state index is 12.6. The number of carbonyl (C=O) groups is 2. The van der Waals surface area contributed by atoms with E-state index in [1.165, 1.54) is 24.3 Å². The minimum Gasteiger partial charge on any atom is -0.344 e. The number of fused-ring (bicyclic) bond motifs is 1. The predicted octanol–water partition coefficient (Wildman–Crippen LogP) is 2.46. The molecule has 1 fully saturated rings. The lowest BCUT2D eigenvalue weighted by atomic mass is 9.93. The van der Waals surface area contributed by atoms with Crippen LogP contribution in [0.4, 0.5) is 0 Å². The molecule has 0 aromatic carbocycles. The molecule has 2 aliphatic heterocycles. The van der Waals surface area contributed by atoms with Crippen LogP contribution in [0.3, 0.4) is 0 Å². The van der Waals surface area contributed by atoms with Gasteiger partial charge in [0.2, 0.25) is 5.91 Å². The summed E-state index contributed by atoms with van der Waals surface area (Å²) >= 11 is 1.59. The zero-order valence-corrected chi connectivity index (χ0v) is 16.4. The second-order valence-electron chi connectivity index (χ2n) is 7.63. The van der Waals surface area contributed by atoms with Crippen molar-refractivity contribution in [2.24, 2.45) is 5.92 Å². The molecular formula is C19H29N3O2S. The molecule has 1 saturated heterocycles. The molecule has 5 nitrogen and oxygen atoms in total. The Morgan fingerprint density at radius 3 is 2.84 bits per heavy atom. The molecule has 0 spiro atoms. The van der Waals surface area contributed by atoms with Gasteiger partial charge in [0.25, 0.3) is 5.91 Å². The number of amides is 2. The van der Waals surface area contributed by atoms with E-state index in [0.29, 0.717) is 18.9 Å². The fourth-order valence-electron chi connectivity index (χ4n) is 3.87. The van der Waals surface area contributed by atoms with Gasteiger partial charge in [-0.3, -0.25) is 9.59 Å². The molecule has 138 valence electrons. The van der Waals surface area contributed by atoms with Crippen molar-refractivity contribution in [1.29, 1.82) is 0 Å². The summed E-state index contributed by atoms with van der Waals surface area (Å²) < 4.78 is 0. The van der Waals surface area contributed by atoms with Gasteiger partial charge in [0.1, 0.15) is 0 Å². The van der Waals surface area contributed by atoms with Crippen LogP contribution in [0, 0.1) is 5.92 Å². The summed E-state index contributed by atoms with van der Waals surface area (Å²) in [5, 5.41) is 0. The average Bonchev–Trinajstić information content (AvgIpc) is 3.02.